The Labute approximate surface area is 171 Å². The molecule has 1 fully saturated rings. The molecular weight excluding hydrogens is 364 g/mol. The van der Waals surface area contributed by atoms with Crippen molar-refractivity contribution in [2.24, 2.45) is 0 Å². The molecule has 3 aromatic rings. The zero-order valence-corrected chi connectivity index (χ0v) is 17.5. The van der Waals surface area contributed by atoms with Crippen LogP contribution in [0.1, 0.15) is 30.0 Å². The number of nitrogens with zero attached hydrogens (tertiary/aromatic N) is 6. The highest BCUT2D eigenvalue weighted by Gasteiger charge is 2.18. The van der Waals surface area contributed by atoms with Crippen LogP contribution in [0.4, 0.5) is 17.3 Å². The number of aromatic nitrogens is 4. The summed E-state index contributed by atoms with van der Waals surface area (Å²) in [7, 11) is 2.15. The number of nitrogens with two attached hydrogens (primary N) is 1. The number of piperazine rings is 1. The molecule has 3 N–H and O–H groups in total. The van der Waals surface area contributed by atoms with E-state index in [2.05, 4.69) is 50.3 Å². The average Bonchev–Trinajstić information content (AvgIpc) is 2.69. The fraction of sp³-hybridized carbons (Fsp3) is 0.429. The van der Waals surface area contributed by atoms with Gasteiger partial charge < -0.3 is 20.9 Å². The zero-order valence-electron chi connectivity index (χ0n) is 17.5. The van der Waals surface area contributed by atoms with Crippen molar-refractivity contribution in [2.75, 3.05) is 49.2 Å². The van der Waals surface area contributed by atoms with Crippen molar-refractivity contribution < 1.29 is 0 Å². The third-order valence-corrected chi connectivity index (χ3v) is 5.45. The van der Waals surface area contributed by atoms with Crippen molar-refractivity contribution in [3.63, 3.8) is 0 Å². The highest BCUT2D eigenvalue weighted by Crippen LogP contribution is 2.29. The van der Waals surface area contributed by atoms with Crippen LogP contribution < -0.4 is 16.0 Å². The molecule has 0 spiro atoms. The number of likely N-dealkylation sites (N-methyl/N-ethyl adjacent to an activating group) is 1. The fourth-order valence-corrected chi connectivity index (χ4v) is 3.70. The number of anilines is 3. The Kier molecular flexibility index (Phi) is 5.19. The summed E-state index contributed by atoms with van der Waals surface area (Å²) in [6.07, 6.45) is 1.91. The highest BCUT2D eigenvalue weighted by atomic mass is 15.3. The fourth-order valence-electron chi connectivity index (χ4n) is 3.70. The molecule has 1 aliphatic rings. The van der Waals surface area contributed by atoms with Gasteiger partial charge >= 0.3 is 0 Å². The maximum atomic E-state index is 6.00. The van der Waals surface area contributed by atoms with Crippen molar-refractivity contribution in [3.8, 4) is 0 Å². The molecule has 4 rings (SSSR count). The van der Waals surface area contributed by atoms with Gasteiger partial charge in [-0.3, -0.25) is 4.98 Å². The van der Waals surface area contributed by atoms with Crippen molar-refractivity contribution in [1.82, 2.24) is 25.1 Å². The molecular formula is C21H28N8. The zero-order chi connectivity index (χ0) is 20.5. The standard InChI is InChI=1S/C21H28N8/c1-13-9-16(22)10-19(24-13)15(3)25-21-17-11-20(29-7-5-28(4)6-8-29)23-12-18(17)14(2)26-27-21/h9-12,15H,5-8H2,1-4H3,(H2,22,24)(H,25,27)/t15-/m1/s1. The molecule has 0 saturated carbocycles. The first-order chi connectivity index (χ1) is 13.9. The molecule has 0 radical (unpaired) electrons. The van der Waals surface area contributed by atoms with Gasteiger partial charge in [-0.1, -0.05) is 0 Å². The molecule has 29 heavy (non-hydrogen) atoms. The summed E-state index contributed by atoms with van der Waals surface area (Å²) in [6.45, 7) is 9.98. The molecule has 0 unspecified atom stereocenters. The van der Waals surface area contributed by atoms with Gasteiger partial charge in [-0.05, 0) is 46.0 Å². The van der Waals surface area contributed by atoms with Crippen molar-refractivity contribution >= 4 is 28.1 Å². The Morgan fingerprint density at radius 1 is 1.03 bits per heavy atom. The molecule has 152 valence electrons. The maximum absolute atomic E-state index is 6.00. The molecule has 1 aliphatic heterocycles. The third kappa shape index (κ3) is 4.07. The number of nitrogen functional groups attached to an aromatic ring is 1. The number of hydrogen-bond donors (Lipinski definition) is 2. The molecule has 8 heteroatoms. The second-order valence-corrected chi connectivity index (χ2v) is 7.85. The van der Waals surface area contributed by atoms with Gasteiger partial charge in [0.2, 0.25) is 0 Å². The molecule has 3 aromatic heterocycles. The van der Waals surface area contributed by atoms with Crippen molar-refractivity contribution in [2.45, 2.75) is 26.8 Å². The number of fused-ring (bicyclic) bond motifs is 1. The SMILES string of the molecule is Cc1cc(N)cc([C@@H](C)Nc2nnc(C)c3cnc(N4CCN(C)CC4)cc23)n1. The summed E-state index contributed by atoms with van der Waals surface area (Å²) in [5.41, 5.74) is 9.36. The largest absolute Gasteiger partial charge is 0.399 e. The van der Waals surface area contributed by atoms with Crippen LogP contribution in [0.2, 0.25) is 0 Å². The lowest BCUT2D eigenvalue weighted by Crippen LogP contribution is -2.44. The molecule has 0 aliphatic carbocycles. The van der Waals surface area contributed by atoms with E-state index in [9.17, 15) is 0 Å². The van der Waals surface area contributed by atoms with Gasteiger partial charge in [0, 0.05) is 54.5 Å². The van der Waals surface area contributed by atoms with E-state index in [4.69, 9.17) is 10.7 Å². The average molecular weight is 393 g/mol. The molecule has 1 atom stereocenters. The van der Waals surface area contributed by atoms with Gasteiger partial charge in [0.25, 0.3) is 0 Å². The normalized spacial score (nSPS) is 16.2. The summed E-state index contributed by atoms with van der Waals surface area (Å²) in [5, 5.41) is 14.3. The molecule has 4 heterocycles. The summed E-state index contributed by atoms with van der Waals surface area (Å²) in [4.78, 5) is 14.0. The summed E-state index contributed by atoms with van der Waals surface area (Å²) < 4.78 is 0. The summed E-state index contributed by atoms with van der Waals surface area (Å²) in [5.74, 6) is 1.71. The van der Waals surface area contributed by atoms with E-state index >= 15 is 0 Å². The van der Waals surface area contributed by atoms with E-state index in [-0.39, 0.29) is 6.04 Å². The van der Waals surface area contributed by atoms with Gasteiger partial charge in [0.15, 0.2) is 5.82 Å². The predicted molar refractivity (Wildman–Crippen MR) is 117 cm³/mol. The number of nitrogens with one attached hydrogen (secondary N) is 1. The van der Waals surface area contributed by atoms with E-state index in [0.29, 0.717) is 5.69 Å². The minimum Gasteiger partial charge on any atom is -0.399 e. The van der Waals surface area contributed by atoms with Gasteiger partial charge in [0.1, 0.15) is 5.82 Å². The number of pyridine rings is 2. The lowest BCUT2D eigenvalue weighted by Gasteiger charge is -2.33. The molecule has 0 aromatic carbocycles. The van der Waals surface area contributed by atoms with E-state index in [1.807, 2.05) is 32.2 Å². The van der Waals surface area contributed by atoms with Crippen LogP contribution in [-0.2, 0) is 0 Å². The van der Waals surface area contributed by atoms with Crippen LogP contribution in [0.3, 0.4) is 0 Å². The second-order valence-electron chi connectivity index (χ2n) is 7.85. The molecule has 1 saturated heterocycles. The molecule has 8 nitrogen and oxygen atoms in total. The Balaban J connectivity index is 1.68. The lowest BCUT2D eigenvalue weighted by atomic mass is 10.1. The Morgan fingerprint density at radius 3 is 2.52 bits per heavy atom. The topological polar surface area (TPSA) is 96.1 Å². The van der Waals surface area contributed by atoms with Gasteiger partial charge in [-0.25, -0.2) is 4.98 Å². The van der Waals surface area contributed by atoms with Crippen LogP contribution >= 0.6 is 0 Å². The van der Waals surface area contributed by atoms with Crippen molar-refractivity contribution in [1.29, 1.82) is 0 Å². The van der Waals surface area contributed by atoms with Gasteiger partial charge in [-0.2, -0.15) is 5.10 Å². The van der Waals surface area contributed by atoms with E-state index in [1.165, 1.54) is 0 Å². The van der Waals surface area contributed by atoms with E-state index < -0.39 is 0 Å². The van der Waals surface area contributed by atoms with Crippen LogP contribution in [0.5, 0.6) is 0 Å². The van der Waals surface area contributed by atoms with Gasteiger partial charge in [0.05, 0.1) is 17.4 Å². The first-order valence-corrected chi connectivity index (χ1v) is 9.98. The Hall–Kier alpha value is -3.00. The summed E-state index contributed by atoms with van der Waals surface area (Å²) in [6, 6.07) is 5.82. The number of aryl methyl sites for hydroxylation is 2. The van der Waals surface area contributed by atoms with Crippen LogP contribution in [-0.4, -0.2) is 58.3 Å². The first-order valence-electron chi connectivity index (χ1n) is 9.98. The van der Waals surface area contributed by atoms with Crippen LogP contribution in [0.25, 0.3) is 10.8 Å². The van der Waals surface area contributed by atoms with E-state index in [0.717, 1.165) is 65.7 Å². The minimum absolute atomic E-state index is 0.0577. The van der Waals surface area contributed by atoms with Crippen LogP contribution in [0.15, 0.2) is 24.4 Å². The second kappa shape index (κ2) is 7.79. The summed E-state index contributed by atoms with van der Waals surface area (Å²) >= 11 is 0. The molecule has 0 bridgehead atoms. The lowest BCUT2D eigenvalue weighted by molar-refractivity contribution is 0.312. The van der Waals surface area contributed by atoms with Crippen LogP contribution in [0, 0.1) is 13.8 Å². The third-order valence-electron chi connectivity index (χ3n) is 5.45. The number of hydrogen-bond acceptors (Lipinski definition) is 8. The smallest absolute Gasteiger partial charge is 0.157 e. The Bertz CT molecular complexity index is 1010. The molecule has 0 amide bonds. The monoisotopic (exact) mass is 392 g/mol. The first kappa shape index (κ1) is 19.3. The predicted octanol–water partition coefficient (Wildman–Crippen LogP) is 2.54. The minimum atomic E-state index is -0.0577. The maximum Gasteiger partial charge on any atom is 0.157 e. The van der Waals surface area contributed by atoms with E-state index in [1.54, 1.807) is 0 Å². The number of rotatable bonds is 4. The quantitative estimate of drug-likeness (QED) is 0.699. The van der Waals surface area contributed by atoms with Crippen molar-refractivity contribution in [3.05, 3.63) is 41.5 Å². The highest BCUT2D eigenvalue weighted by molar-refractivity contribution is 5.94. The van der Waals surface area contributed by atoms with Gasteiger partial charge in [-0.15, -0.1) is 5.10 Å². The Morgan fingerprint density at radius 2 is 1.79 bits per heavy atom.